The zero-order valence-corrected chi connectivity index (χ0v) is 16.4. The number of nitrogens with zero attached hydrogens (tertiary/aromatic N) is 2. The van der Waals surface area contributed by atoms with E-state index in [4.69, 9.17) is 0 Å². The van der Waals surface area contributed by atoms with E-state index in [0.717, 1.165) is 18.4 Å². The fourth-order valence-corrected chi connectivity index (χ4v) is 3.75. The van der Waals surface area contributed by atoms with E-state index in [9.17, 15) is 26.4 Å². The highest BCUT2D eigenvalue weighted by Gasteiger charge is 2.31. The molecule has 3 rings (SSSR count). The van der Waals surface area contributed by atoms with Crippen LogP contribution in [0, 0.1) is 0 Å². The second kappa shape index (κ2) is 7.94. The molecule has 0 radical (unpaired) electrons. The van der Waals surface area contributed by atoms with Crippen LogP contribution in [0.15, 0.2) is 48.5 Å². The van der Waals surface area contributed by atoms with Crippen molar-refractivity contribution in [1.29, 1.82) is 0 Å². The van der Waals surface area contributed by atoms with Crippen LogP contribution in [0.5, 0.6) is 0 Å². The molecule has 1 saturated heterocycles. The van der Waals surface area contributed by atoms with Gasteiger partial charge in [-0.3, -0.25) is 9.52 Å². The maximum Gasteiger partial charge on any atom is 0.416 e. The molecule has 1 aliphatic heterocycles. The molecule has 2 aromatic rings. The van der Waals surface area contributed by atoms with Crippen LogP contribution in [-0.4, -0.2) is 51.7 Å². The number of rotatable bonds is 4. The van der Waals surface area contributed by atoms with Gasteiger partial charge in [0.2, 0.25) is 10.0 Å². The molecule has 6 nitrogen and oxygen atoms in total. The molecule has 1 N–H and O–H groups in total. The van der Waals surface area contributed by atoms with E-state index in [1.54, 1.807) is 28.0 Å². The van der Waals surface area contributed by atoms with Crippen molar-refractivity contribution in [3.05, 3.63) is 59.7 Å². The first-order chi connectivity index (χ1) is 13.5. The van der Waals surface area contributed by atoms with E-state index in [-0.39, 0.29) is 17.2 Å². The van der Waals surface area contributed by atoms with Crippen LogP contribution in [0.4, 0.5) is 24.5 Å². The molecule has 0 aliphatic carbocycles. The lowest BCUT2D eigenvalue weighted by Gasteiger charge is -2.36. The van der Waals surface area contributed by atoms with Crippen molar-refractivity contribution in [2.45, 2.75) is 6.18 Å². The molecule has 0 saturated carbocycles. The van der Waals surface area contributed by atoms with Crippen LogP contribution in [0.3, 0.4) is 0 Å². The van der Waals surface area contributed by atoms with Crippen LogP contribution in [0.2, 0.25) is 0 Å². The maximum absolute atomic E-state index is 12.9. The van der Waals surface area contributed by atoms with Crippen LogP contribution in [0.1, 0.15) is 15.9 Å². The molecule has 0 atom stereocenters. The van der Waals surface area contributed by atoms with Gasteiger partial charge in [0.25, 0.3) is 5.91 Å². The molecule has 0 spiro atoms. The Morgan fingerprint density at radius 3 is 2.28 bits per heavy atom. The lowest BCUT2D eigenvalue weighted by atomic mass is 10.1. The van der Waals surface area contributed by atoms with Crippen LogP contribution in [-0.2, 0) is 16.2 Å². The number of carbonyl (C=O) groups is 1. The number of halogens is 3. The van der Waals surface area contributed by atoms with E-state index < -0.39 is 21.8 Å². The summed E-state index contributed by atoms with van der Waals surface area (Å²) < 4.78 is 64.2. The lowest BCUT2D eigenvalue weighted by Crippen LogP contribution is -2.49. The third-order valence-corrected chi connectivity index (χ3v) is 5.15. The highest BCUT2D eigenvalue weighted by molar-refractivity contribution is 7.92. The third-order valence-electron chi connectivity index (χ3n) is 4.56. The molecule has 1 fully saturated rings. The number of carbonyl (C=O) groups excluding carboxylic acids is 1. The van der Waals surface area contributed by atoms with Gasteiger partial charge >= 0.3 is 6.18 Å². The highest BCUT2D eigenvalue weighted by Crippen LogP contribution is 2.32. The zero-order valence-electron chi connectivity index (χ0n) is 15.6. The van der Waals surface area contributed by atoms with Gasteiger partial charge in [0.05, 0.1) is 23.1 Å². The Balaban J connectivity index is 1.71. The van der Waals surface area contributed by atoms with Gasteiger partial charge in [0, 0.05) is 31.9 Å². The number of alkyl halides is 3. The summed E-state index contributed by atoms with van der Waals surface area (Å²) in [6.45, 7) is 1.36. The van der Waals surface area contributed by atoms with Crippen LogP contribution >= 0.6 is 0 Å². The van der Waals surface area contributed by atoms with Gasteiger partial charge in [-0.1, -0.05) is 18.2 Å². The molecule has 0 bridgehead atoms. The molecule has 0 aromatic heterocycles. The maximum atomic E-state index is 12.9. The predicted octanol–water partition coefficient (Wildman–Crippen LogP) is 3.04. The summed E-state index contributed by atoms with van der Waals surface area (Å²) in [4.78, 5) is 16.2. The first kappa shape index (κ1) is 21.0. The Kier molecular flexibility index (Phi) is 5.74. The molecule has 29 heavy (non-hydrogen) atoms. The number of amides is 1. The molecule has 156 valence electrons. The minimum atomic E-state index is -4.41. The fraction of sp³-hybridized carbons (Fsp3) is 0.316. The van der Waals surface area contributed by atoms with Gasteiger partial charge in [0.15, 0.2) is 0 Å². The molecule has 0 unspecified atom stereocenters. The summed E-state index contributed by atoms with van der Waals surface area (Å²) in [5.74, 6) is -0.333. The van der Waals surface area contributed by atoms with Crippen LogP contribution in [0.25, 0.3) is 0 Å². The Morgan fingerprint density at radius 2 is 1.66 bits per heavy atom. The number of sulfonamides is 1. The first-order valence-electron chi connectivity index (χ1n) is 8.83. The third kappa shape index (κ3) is 5.20. The molecule has 1 heterocycles. The van der Waals surface area contributed by atoms with Crippen molar-refractivity contribution < 1.29 is 26.4 Å². The number of hydrogen-bond acceptors (Lipinski definition) is 4. The highest BCUT2D eigenvalue weighted by atomic mass is 32.2. The Morgan fingerprint density at radius 1 is 1.00 bits per heavy atom. The van der Waals surface area contributed by atoms with E-state index in [2.05, 4.69) is 4.72 Å². The number of anilines is 2. The smallest absolute Gasteiger partial charge is 0.368 e. The Bertz CT molecular complexity index is 1000. The largest absolute Gasteiger partial charge is 0.416 e. The minimum absolute atomic E-state index is 0.195. The number of piperazine rings is 1. The summed E-state index contributed by atoms with van der Waals surface area (Å²) in [6.07, 6.45) is -3.41. The van der Waals surface area contributed by atoms with E-state index in [1.807, 2.05) is 0 Å². The molecule has 1 aliphatic rings. The van der Waals surface area contributed by atoms with Gasteiger partial charge in [-0.15, -0.1) is 0 Å². The van der Waals surface area contributed by atoms with Gasteiger partial charge in [0.1, 0.15) is 0 Å². The first-order valence-corrected chi connectivity index (χ1v) is 10.7. The van der Waals surface area contributed by atoms with Gasteiger partial charge in [-0.25, -0.2) is 8.42 Å². The SMILES string of the molecule is CS(=O)(=O)Nc1ccccc1C(=O)N1CCN(c2cccc(C(F)(F)F)c2)CC1. The van der Waals surface area contributed by atoms with Gasteiger partial charge in [-0.2, -0.15) is 13.2 Å². The van der Waals surface area contributed by atoms with Crippen molar-refractivity contribution in [2.75, 3.05) is 42.1 Å². The van der Waals surface area contributed by atoms with Crippen molar-refractivity contribution in [3.8, 4) is 0 Å². The number of benzene rings is 2. The molecular weight excluding hydrogens is 407 g/mol. The standard InChI is InChI=1S/C19H20F3N3O3S/c1-29(27,28)23-17-8-3-2-7-16(17)18(26)25-11-9-24(10-12-25)15-6-4-5-14(13-15)19(20,21)22/h2-8,13,23H,9-12H2,1H3. The van der Waals surface area contributed by atoms with Gasteiger partial charge < -0.3 is 9.80 Å². The quantitative estimate of drug-likeness (QED) is 0.815. The van der Waals surface area contributed by atoms with E-state index in [1.165, 1.54) is 18.2 Å². The summed E-state index contributed by atoms with van der Waals surface area (Å²) >= 11 is 0. The number of para-hydroxylation sites is 1. The van der Waals surface area contributed by atoms with Crippen molar-refractivity contribution in [2.24, 2.45) is 0 Å². The summed E-state index contributed by atoms with van der Waals surface area (Å²) in [5, 5.41) is 0. The lowest BCUT2D eigenvalue weighted by molar-refractivity contribution is -0.137. The molecular formula is C19H20F3N3O3S. The van der Waals surface area contributed by atoms with Crippen molar-refractivity contribution in [1.82, 2.24) is 4.90 Å². The van der Waals surface area contributed by atoms with Crippen molar-refractivity contribution in [3.63, 3.8) is 0 Å². The summed E-state index contributed by atoms with van der Waals surface area (Å²) in [5.41, 5.74) is 0.158. The summed E-state index contributed by atoms with van der Waals surface area (Å²) in [7, 11) is -3.55. The second-order valence-electron chi connectivity index (χ2n) is 6.75. The Labute approximate surface area is 167 Å². The molecule has 10 heteroatoms. The predicted molar refractivity (Wildman–Crippen MR) is 104 cm³/mol. The fourth-order valence-electron chi connectivity index (χ4n) is 3.18. The number of nitrogens with one attached hydrogen (secondary N) is 1. The molecule has 1 amide bonds. The zero-order chi connectivity index (χ0) is 21.2. The second-order valence-corrected chi connectivity index (χ2v) is 8.50. The summed E-state index contributed by atoms with van der Waals surface area (Å²) in [6, 6.07) is 11.4. The topological polar surface area (TPSA) is 69.7 Å². The minimum Gasteiger partial charge on any atom is -0.368 e. The number of hydrogen-bond donors (Lipinski definition) is 1. The van der Waals surface area contributed by atoms with E-state index >= 15 is 0 Å². The van der Waals surface area contributed by atoms with Crippen molar-refractivity contribution >= 4 is 27.3 Å². The van der Waals surface area contributed by atoms with E-state index in [0.29, 0.717) is 31.9 Å². The molecule has 2 aromatic carbocycles. The van der Waals surface area contributed by atoms with Gasteiger partial charge in [-0.05, 0) is 30.3 Å². The Hall–Kier alpha value is -2.75. The normalized spacial score (nSPS) is 15.3. The van der Waals surface area contributed by atoms with Crippen LogP contribution < -0.4 is 9.62 Å². The monoisotopic (exact) mass is 427 g/mol. The average molecular weight is 427 g/mol. The average Bonchev–Trinajstić information content (AvgIpc) is 2.66.